The third-order valence-electron chi connectivity index (χ3n) is 4.48. The first-order valence-electron chi connectivity index (χ1n) is 8.76. The molecule has 3 rings (SSSR count). The Balaban J connectivity index is 1.84. The number of halogens is 1. The van der Waals surface area contributed by atoms with Crippen molar-refractivity contribution >= 4 is 11.8 Å². The Kier molecular flexibility index (Phi) is 6.45. The topological polar surface area (TPSA) is 37.2 Å². The first-order chi connectivity index (χ1) is 12.2. The van der Waals surface area contributed by atoms with Crippen LogP contribution >= 0.6 is 11.8 Å². The van der Waals surface area contributed by atoms with Gasteiger partial charge in [0.25, 0.3) is 0 Å². The van der Waals surface area contributed by atoms with Crippen molar-refractivity contribution in [3.63, 3.8) is 0 Å². The van der Waals surface area contributed by atoms with Gasteiger partial charge in [0, 0.05) is 25.3 Å². The molecule has 0 atom stereocenters. The van der Waals surface area contributed by atoms with Crippen LogP contribution in [0.4, 0.5) is 4.39 Å². The van der Waals surface area contributed by atoms with Gasteiger partial charge >= 0.3 is 0 Å². The first-order valence-corrected chi connectivity index (χ1v) is 10.2. The molecule has 7 heteroatoms. The van der Waals surface area contributed by atoms with E-state index in [1.54, 1.807) is 17.8 Å². The van der Waals surface area contributed by atoms with Crippen LogP contribution in [0, 0.1) is 5.82 Å². The van der Waals surface area contributed by atoms with Gasteiger partial charge in [-0.3, -0.25) is 4.90 Å². The van der Waals surface area contributed by atoms with E-state index in [0.717, 1.165) is 68.7 Å². The number of rotatable bonds is 6. The van der Waals surface area contributed by atoms with E-state index in [0.29, 0.717) is 0 Å². The smallest absolute Gasteiger partial charge is 0.152 e. The normalized spacial score (nSPS) is 16.9. The van der Waals surface area contributed by atoms with Gasteiger partial charge in [-0.05, 0) is 51.0 Å². The zero-order valence-corrected chi connectivity index (χ0v) is 15.8. The Hall–Kier alpha value is -1.44. The van der Waals surface area contributed by atoms with Crippen molar-refractivity contribution in [1.29, 1.82) is 0 Å². The lowest BCUT2D eigenvalue weighted by Crippen LogP contribution is -2.29. The average Bonchev–Trinajstić information content (AvgIpc) is 2.88. The van der Waals surface area contributed by atoms with Crippen molar-refractivity contribution in [2.24, 2.45) is 0 Å². The third-order valence-corrected chi connectivity index (χ3v) is 5.09. The van der Waals surface area contributed by atoms with Gasteiger partial charge in [0.15, 0.2) is 5.82 Å². The van der Waals surface area contributed by atoms with Crippen molar-refractivity contribution in [1.82, 2.24) is 24.6 Å². The summed E-state index contributed by atoms with van der Waals surface area (Å²) in [7, 11) is 2.17. The van der Waals surface area contributed by atoms with E-state index in [9.17, 15) is 4.39 Å². The van der Waals surface area contributed by atoms with E-state index in [4.69, 9.17) is 4.98 Å². The molecule has 0 amide bonds. The summed E-state index contributed by atoms with van der Waals surface area (Å²) in [4.78, 5) is 9.54. The van der Waals surface area contributed by atoms with Crippen LogP contribution in [-0.2, 0) is 13.0 Å². The predicted octanol–water partition coefficient (Wildman–Crippen LogP) is 2.45. The lowest BCUT2D eigenvalue weighted by molar-refractivity contribution is 0.261. The highest BCUT2D eigenvalue weighted by Crippen LogP contribution is 2.15. The molecule has 1 aromatic heterocycles. The molecule has 5 nitrogen and oxygen atoms in total. The Morgan fingerprint density at radius 3 is 2.88 bits per heavy atom. The second-order valence-electron chi connectivity index (χ2n) is 6.51. The highest BCUT2D eigenvalue weighted by atomic mass is 32.2. The van der Waals surface area contributed by atoms with Gasteiger partial charge in [0.2, 0.25) is 0 Å². The molecule has 1 aliphatic heterocycles. The van der Waals surface area contributed by atoms with Crippen LogP contribution in [-0.4, -0.2) is 69.8 Å². The molecule has 1 fully saturated rings. The summed E-state index contributed by atoms with van der Waals surface area (Å²) in [6.07, 6.45) is 4.07. The minimum Gasteiger partial charge on any atom is -0.305 e. The maximum atomic E-state index is 13.7. The fraction of sp³-hybridized carbons (Fsp3) is 0.556. The summed E-state index contributed by atoms with van der Waals surface area (Å²) in [5, 5.41) is 4.65. The van der Waals surface area contributed by atoms with Crippen molar-refractivity contribution in [3.8, 4) is 5.69 Å². The number of thioether (sulfide) groups is 1. The van der Waals surface area contributed by atoms with Crippen molar-refractivity contribution < 1.29 is 4.39 Å². The third kappa shape index (κ3) is 5.03. The molecule has 0 aliphatic carbocycles. The molecule has 0 saturated carbocycles. The van der Waals surface area contributed by atoms with Gasteiger partial charge in [0.05, 0.1) is 12.2 Å². The molecular weight excluding hydrogens is 337 g/mol. The van der Waals surface area contributed by atoms with E-state index in [1.165, 1.54) is 12.1 Å². The Morgan fingerprint density at radius 1 is 1.20 bits per heavy atom. The van der Waals surface area contributed by atoms with Crippen LogP contribution in [0.3, 0.4) is 0 Å². The highest BCUT2D eigenvalue weighted by molar-refractivity contribution is 7.98. The summed E-state index contributed by atoms with van der Waals surface area (Å²) in [5.74, 6) is 2.47. The van der Waals surface area contributed by atoms with Gasteiger partial charge in [0.1, 0.15) is 11.6 Å². The van der Waals surface area contributed by atoms with Crippen molar-refractivity contribution in [2.75, 3.05) is 45.2 Å². The van der Waals surface area contributed by atoms with E-state index < -0.39 is 0 Å². The molecular formula is C18H26FN5S. The number of likely N-dealkylation sites (N-methyl/N-ethyl adjacent to an activating group) is 1. The summed E-state index contributed by atoms with van der Waals surface area (Å²) in [6.45, 7) is 5.02. The van der Waals surface area contributed by atoms with Crippen LogP contribution in [0.1, 0.15) is 18.1 Å². The monoisotopic (exact) mass is 363 g/mol. The molecule has 136 valence electrons. The van der Waals surface area contributed by atoms with Gasteiger partial charge < -0.3 is 4.90 Å². The fourth-order valence-corrected chi connectivity index (χ4v) is 3.45. The average molecular weight is 364 g/mol. The second kappa shape index (κ2) is 8.78. The number of nitrogens with zero attached hydrogens (tertiary/aromatic N) is 5. The molecule has 25 heavy (non-hydrogen) atoms. The Bertz CT molecular complexity index is 690. The van der Waals surface area contributed by atoms with Crippen LogP contribution in [0.2, 0.25) is 0 Å². The van der Waals surface area contributed by atoms with Crippen molar-refractivity contribution in [2.45, 2.75) is 19.4 Å². The lowest BCUT2D eigenvalue weighted by atomic mass is 10.3. The second-order valence-corrected chi connectivity index (χ2v) is 7.50. The number of hydrogen-bond donors (Lipinski definition) is 0. The SMILES string of the molecule is CSCCc1nc(CN2CCCN(C)CC2)n(-c2cccc(F)c2)n1. The first kappa shape index (κ1) is 18.4. The predicted molar refractivity (Wildman–Crippen MR) is 101 cm³/mol. The molecule has 0 N–H and O–H groups in total. The molecule has 2 heterocycles. The summed E-state index contributed by atoms with van der Waals surface area (Å²) >= 11 is 1.78. The maximum Gasteiger partial charge on any atom is 0.152 e. The van der Waals surface area contributed by atoms with Crippen LogP contribution in [0.25, 0.3) is 5.69 Å². The van der Waals surface area contributed by atoms with Gasteiger partial charge in [-0.2, -0.15) is 16.9 Å². The molecule has 1 aromatic carbocycles. The van der Waals surface area contributed by atoms with Crippen molar-refractivity contribution in [3.05, 3.63) is 41.7 Å². The molecule has 0 spiro atoms. The fourth-order valence-electron chi connectivity index (χ4n) is 3.07. The Labute approximate surface area is 153 Å². The molecule has 0 unspecified atom stereocenters. The molecule has 2 aromatic rings. The molecule has 0 bridgehead atoms. The Morgan fingerprint density at radius 2 is 2.08 bits per heavy atom. The number of hydrogen-bond acceptors (Lipinski definition) is 5. The highest BCUT2D eigenvalue weighted by Gasteiger charge is 2.18. The van der Waals surface area contributed by atoms with Gasteiger partial charge in [-0.1, -0.05) is 6.07 Å². The number of aromatic nitrogens is 3. The zero-order chi connectivity index (χ0) is 17.6. The van der Waals surface area contributed by atoms with Gasteiger partial charge in [-0.15, -0.1) is 0 Å². The summed E-state index contributed by atoms with van der Waals surface area (Å²) < 4.78 is 15.5. The van der Waals surface area contributed by atoms with Gasteiger partial charge in [-0.25, -0.2) is 14.1 Å². The number of benzene rings is 1. The molecule has 0 radical (unpaired) electrons. The van der Waals surface area contributed by atoms with Crippen LogP contribution in [0.5, 0.6) is 0 Å². The van der Waals surface area contributed by atoms with E-state index >= 15 is 0 Å². The zero-order valence-electron chi connectivity index (χ0n) is 15.0. The number of aryl methyl sites for hydroxylation is 1. The maximum absolute atomic E-state index is 13.7. The van der Waals surface area contributed by atoms with E-state index in [2.05, 4.69) is 28.2 Å². The minimum absolute atomic E-state index is 0.249. The molecule has 1 aliphatic rings. The summed E-state index contributed by atoms with van der Waals surface area (Å²) in [5.41, 5.74) is 0.741. The van der Waals surface area contributed by atoms with E-state index in [-0.39, 0.29) is 5.82 Å². The lowest BCUT2D eigenvalue weighted by Gasteiger charge is -2.19. The largest absolute Gasteiger partial charge is 0.305 e. The van der Waals surface area contributed by atoms with E-state index in [1.807, 2.05) is 10.7 Å². The quantitative estimate of drug-likeness (QED) is 0.788. The van der Waals surface area contributed by atoms with Crippen LogP contribution < -0.4 is 0 Å². The minimum atomic E-state index is -0.249. The summed E-state index contributed by atoms with van der Waals surface area (Å²) in [6, 6.07) is 6.58. The van der Waals surface area contributed by atoms with Crippen LogP contribution in [0.15, 0.2) is 24.3 Å². The molecule has 1 saturated heterocycles. The standard InChI is InChI=1S/C18H26FN5S/c1-22-8-4-9-23(11-10-22)14-18-20-17(7-12-25-2)21-24(18)16-6-3-5-15(19)13-16/h3,5-6,13H,4,7-12,14H2,1-2H3.